The number of rotatable bonds is 1. The predicted octanol–water partition coefficient (Wildman–Crippen LogP) is 2.75. The lowest BCUT2D eigenvalue weighted by Gasteiger charge is -2.04. The molecule has 0 aliphatic rings. The Morgan fingerprint density at radius 2 is 1.79 bits per heavy atom. The Hall–Kier alpha value is -2.75. The van der Waals surface area contributed by atoms with Crippen LogP contribution in [0.1, 0.15) is 0 Å². The highest BCUT2D eigenvalue weighted by molar-refractivity contribution is 5.89. The Morgan fingerprint density at radius 3 is 2.53 bits per heavy atom. The van der Waals surface area contributed by atoms with Crippen LogP contribution in [-0.4, -0.2) is 5.11 Å². The molecule has 0 atom stereocenters. The quantitative estimate of drug-likeness (QED) is 0.654. The van der Waals surface area contributed by atoms with Crippen molar-refractivity contribution in [3.05, 3.63) is 58.8 Å². The van der Waals surface area contributed by atoms with E-state index in [2.05, 4.69) is 0 Å². The number of phenols is 1. The summed E-state index contributed by atoms with van der Waals surface area (Å²) in [5.74, 6) is 0.610. The molecule has 0 aliphatic heterocycles. The van der Waals surface area contributed by atoms with Crippen molar-refractivity contribution in [2.24, 2.45) is 0 Å². The van der Waals surface area contributed by atoms with Crippen LogP contribution in [0, 0.1) is 0 Å². The standard InChI is InChI=1S/C15H11NO3/c16-11-2-1-3-13-15(11)12(18)8-14(19-13)9-4-6-10(17)7-5-9/h1-8,17H,16H2. The number of hydrogen-bond acceptors (Lipinski definition) is 4. The maximum atomic E-state index is 12.1. The summed E-state index contributed by atoms with van der Waals surface area (Å²) in [6.07, 6.45) is 0. The smallest absolute Gasteiger partial charge is 0.195 e. The summed E-state index contributed by atoms with van der Waals surface area (Å²) in [6.45, 7) is 0. The van der Waals surface area contributed by atoms with Gasteiger partial charge in [-0.1, -0.05) is 6.07 Å². The minimum absolute atomic E-state index is 0.163. The molecule has 2 aromatic carbocycles. The van der Waals surface area contributed by atoms with E-state index >= 15 is 0 Å². The second-order valence-electron chi connectivity index (χ2n) is 4.24. The normalized spacial score (nSPS) is 10.7. The van der Waals surface area contributed by atoms with Gasteiger partial charge in [0.1, 0.15) is 17.1 Å². The molecule has 0 saturated carbocycles. The van der Waals surface area contributed by atoms with E-state index in [-0.39, 0.29) is 11.2 Å². The second kappa shape index (κ2) is 4.17. The van der Waals surface area contributed by atoms with E-state index in [1.807, 2.05) is 0 Å². The molecule has 4 nitrogen and oxygen atoms in total. The summed E-state index contributed by atoms with van der Waals surface area (Å²) in [5, 5.41) is 9.65. The third-order valence-corrected chi connectivity index (χ3v) is 2.94. The summed E-state index contributed by atoms with van der Waals surface area (Å²) in [4.78, 5) is 12.1. The van der Waals surface area contributed by atoms with Gasteiger partial charge >= 0.3 is 0 Å². The van der Waals surface area contributed by atoms with Crippen molar-refractivity contribution < 1.29 is 9.52 Å². The monoisotopic (exact) mass is 253 g/mol. The first-order chi connectivity index (χ1) is 9.15. The fourth-order valence-corrected chi connectivity index (χ4v) is 2.00. The highest BCUT2D eigenvalue weighted by Crippen LogP contribution is 2.25. The van der Waals surface area contributed by atoms with Crippen molar-refractivity contribution in [2.45, 2.75) is 0 Å². The zero-order chi connectivity index (χ0) is 13.4. The molecule has 3 N–H and O–H groups in total. The summed E-state index contributed by atoms with van der Waals surface area (Å²) in [7, 11) is 0. The van der Waals surface area contributed by atoms with Gasteiger partial charge in [-0.05, 0) is 36.4 Å². The molecule has 94 valence electrons. The highest BCUT2D eigenvalue weighted by Gasteiger charge is 2.08. The highest BCUT2D eigenvalue weighted by atomic mass is 16.3. The van der Waals surface area contributed by atoms with Crippen LogP contribution in [0.5, 0.6) is 5.75 Å². The van der Waals surface area contributed by atoms with Crippen molar-refractivity contribution in [3.8, 4) is 17.1 Å². The second-order valence-corrected chi connectivity index (χ2v) is 4.24. The molecular weight excluding hydrogens is 242 g/mol. The minimum Gasteiger partial charge on any atom is -0.508 e. The molecule has 0 unspecified atom stereocenters. The largest absolute Gasteiger partial charge is 0.508 e. The fraction of sp³-hybridized carbons (Fsp3) is 0. The van der Waals surface area contributed by atoms with Gasteiger partial charge in [0.15, 0.2) is 5.43 Å². The Balaban J connectivity index is 2.27. The van der Waals surface area contributed by atoms with Crippen LogP contribution in [-0.2, 0) is 0 Å². The molecular formula is C15H11NO3. The van der Waals surface area contributed by atoms with Gasteiger partial charge in [-0.2, -0.15) is 0 Å². The number of hydrogen-bond donors (Lipinski definition) is 2. The van der Waals surface area contributed by atoms with Crippen LogP contribution in [0.25, 0.3) is 22.3 Å². The molecule has 1 aromatic heterocycles. The van der Waals surface area contributed by atoms with E-state index in [9.17, 15) is 9.90 Å². The van der Waals surface area contributed by atoms with Gasteiger partial charge in [-0.25, -0.2) is 0 Å². The topological polar surface area (TPSA) is 76.5 Å². The van der Waals surface area contributed by atoms with Crippen molar-refractivity contribution in [2.75, 3.05) is 5.73 Å². The maximum absolute atomic E-state index is 12.1. The number of benzene rings is 2. The number of anilines is 1. The molecule has 0 radical (unpaired) electrons. The maximum Gasteiger partial charge on any atom is 0.195 e. The average Bonchev–Trinajstić information content (AvgIpc) is 2.39. The van der Waals surface area contributed by atoms with Crippen LogP contribution >= 0.6 is 0 Å². The van der Waals surface area contributed by atoms with E-state index < -0.39 is 0 Å². The zero-order valence-corrected chi connectivity index (χ0v) is 9.96. The van der Waals surface area contributed by atoms with E-state index in [1.165, 1.54) is 6.07 Å². The lowest BCUT2D eigenvalue weighted by Crippen LogP contribution is -2.03. The SMILES string of the molecule is Nc1cccc2oc(-c3ccc(O)cc3)cc(=O)c12. The lowest BCUT2D eigenvalue weighted by molar-refractivity contribution is 0.475. The molecule has 0 amide bonds. The van der Waals surface area contributed by atoms with Crippen molar-refractivity contribution in [3.63, 3.8) is 0 Å². The first kappa shape index (κ1) is 11.3. The van der Waals surface area contributed by atoms with Crippen LogP contribution < -0.4 is 11.2 Å². The lowest BCUT2D eigenvalue weighted by atomic mass is 10.1. The molecule has 19 heavy (non-hydrogen) atoms. The van der Waals surface area contributed by atoms with Gasteiger partial charge in [-0.15, -0.1) is 0 Å². The van der Waals surface area contributed by atoms with Gasteiger partial charge < -0.3 is 15.3 Å². The average molecular weight is 253 g/mol. The molecule has 0 bridgehead atoms. The Kier molecular flexibility index (Phi) is 2.49. The molecule has 3 rings (SSSR count). The van der Waals surface area contributed by atoms with Crippen LogP contribution in [0.2, 0.25) is 0 Å². The van der Waals surface area contributed by atoms with Crippen LogP contribution in [0.3, 0.4) is 0 Å². The van der Waals surface area contributed by atoms with Gasteiger partial charge in [0, 0.05) is 17.3 Å². The number of phenolic OH excluding ortho intramolecular Hbond substituents is 1. The van der Waals surface area contributed by atoms with E-state index in [4.69, 9.17) is 10.2 Å². The number of fused-ring (bicyclic) bond motifs is 1. The molecule has 3 aromatic rings. The van der Waals surface area contributed by atoms with Crippen molar-refractivity contribution in [1.29, 1.82) is 0 Å². The number of nitrogens with two attached hydrogens (primary N) is 1. The summed E-state index contributed by atoms with van der Waals surface area (Å²) < 4.78 is 5.69. The fourth-order valence-electron chi connectivity index (χ4n) is 2.00. The van der Waals surface area contributed by atoms with Crippen molar-refractivity contribution >= 4 is 16.7 Å². The first-order valence-corrected chi connectivity index (χ1v) is 5.77. The van der Waals surface area contributed by atoms with Gasteiger partial charge in [0.25, 0.3) is 0 Å². The zero-order valence-electron chi connectivity index (χ0n) is 9.96. The Labute approximate surface area is 108 Å². The summed E-state index contributed by atoms with van der Waals surface area (Å²) in [6, 6.07) is 13.0. The Bertz CT molecular complexity index is 804. The third kappa shape index (κ3) is 1.93. The van der Waals surface area contributed by atoms with E-state index in [0.717, 1.165) is 5.56 Å². The molecule has 4 heteroatoms. The minimum atomic E-state index is -0.178. The predicted molar refractivity (Wildman–Crippen MR) is 74.0 cm³/mol. The van der Waals surface area contributed by atoms with Gasteiger partial charge in [-0.3, -0.25) is 4.79 Å². The van der Waals surface area contributed by atoms with E-state index in [0.29, 0.717) is 22.4 Å². The van der Waals surface area contributed by atoms with E-state index in [1.54, 1.807) is 42.5 Å². The Morgan fingerprint density at radius 1 is 1.05 bits per heavy atom. The molecule has 0 fully saturated rings. The number of nitrogen functional groups attached to an aromatic ring is 1. The molecule has 0 spiro atoms. The summed E-state index contributed by atoms with van der Waals surface area (Å²) in [5.41, 5.74) is 7.18. The molecule has 0 saturated heterocycles. The summed E-state index contributed by atoms with van der Waals surface area (Å²) >= 11 is 0. The number of aromatic hydroxyl groups is 1. The van der Waals surface area contributed by atoms with Gasteiger partial charge in [0.05, 0.1) is 5.39 Å². The van der Waals surface area contributed by atoms with Crippen LogP contribution in [0.4, 0.5) is 5.69 Å². The molecule has 0 aliphatic carbocycles. The van der Waals surface area contributed by atoms with Crippen molar-refractivity contribution in [1.82, 2.24) is 0 Å². The molecule has 1 heterocycles. The first-order valence-electron chi connectivity index (χ1n) is 5.77. The van der Waals surface area contributed by atoms with Gasteiger partial charge in [0.2, 0.25) is 0 Å². The third-order valence-electron chi connectivity index (χ3n) is 2.94. The van der Waals surface area contributed by atoms with Crippen LogP contribution in [0.15, 0.2) is 57.7 Å².